The normalized spacial score (nSPS) is 15.7. The summed E-state index contributed by atoms with van der Waals surface area (Å²) in [5.74, 6) is -0.516. The van der Waals surface area contributed by atoms with Crippen LogP contribution in [-0.2, 0) is 9.59 Å². The summed E-state index contributed by atoms with van der Waals surface area (Å²) >= 11 is 0. The average Bonchev–Trinajstić information content (AvgIpc) is 2.85. The van der Waals surface area contributed by atoms with E-state index in [9.17, 15) is 9.59 Å². The lowest BCUT2D eigenvalue weighted by atomic mass is 9.90. The molecule has 0 spiro atoms. The number of benzene rings is 2. The molecule has 0 aliphatic carbocycles. The second-order valence-corrected chi connectivity index (χ2v) is 5.52. The average molecular weight is 308 g/mol. The molecule has 0 fully saturated rings. The van der Waals surface area contributed by atoms with Crippen molar-refractivity contribution in [2.75, 3.05) is 0 Å². The molecule has 0 saturated heterocycles. The summed E-state index contributed by atoms with van der Waals surface area (Å²) in [4.78, 5) is 23.6. The van der Waals surface area contributed by atoms with Crippen LogP contribution in [0.2, 0.25) is 0 Å². The van der Waals surface area contributed by atoms with Gasteiger partial charge in [0.1, 0.15) is 17.4 Å². The molecule has 2 aromatic rings. The molecule has 0 N–H and O–H groups in total. The first-order valence-corrected chi connectivity index (χ1v) is 7.26. The number of hydrogen-bond acceptors (Lipinski definition) is 4. The molecule has 4 nitrogen and oxygen atoms in total. The SMILES string of the molecule is C=CC(=O)Oc1ccc2c(c1)C(c1ccc(C)c(C)c1)C(=O)O2. The van der Waals surface area contributed by atoms with Gasteiger partial charge in [0.05, 0.1) is 0 Å². The smallest absolute Gasteiger partial charge is 0.335 e. The molecule has 1 heterocycles. The van der Waals surface area contributed by atoms with Crippen molar-refractivity contribution in [3.63, 3.8) is 0 Å². The molecule has 1 atom stereocenters. The summed E-state index contributed by atoms with van der Waals surface area (Å²) in [6, 6.07) is 10.8. The van der Waals surface area contributed by atoms with E-state index in [0.717, 1.165) is 22.8 Å². The summed E-state index contributed by atoms with van der Waals surface area (Å²) in [6.45, 7) is 7.39. The molecule has 0 saturated carbocycles. The van der Waals surface area contributed by atoms with Crippen LogP contribution in [-0.4, -0.2) is 11.9 Å². The molecular formula is C19H16O4. The zero-order valence-corrected chi connectivity index (χ0v) is 13.0. The van der Waals surface area contributed by atoms with Crippen molar-refractivity contribution >= 4 is 11.9 Å². The van der Waals surface area contributed by atoms with Crippen LogP contribution < -0.4 is 9.47 Å². The lowest BCUT2D eigenvalue weighted by Gasteiger charge is -2.11. The topological polar surface area (TPSA) is 52.6 Å². The number of fused-ring (bicyclic) bond motifs is 1. The van der Waals surface area contributed by atoms with E-state index in [1.54, 1.807) is 18.2 Å². The van der Waals surface area contributed by atoms with E-state index in [-0.39, 0.29) is 5.97 Å². The fraction of sp³-hybridized carbons (Fsp3) is 0.158. The Balaban J connectivity index is 2.02. The van der Waals surface area contributed by atoms with Crippen LogP contribution in [0, 0.1) is 13.8 Å². The van der Waals surface area contributed by atoms with Gasteiger partial charge >= 0.3 is 11.9 Å². The van der Waals surface area contributed by atoms with Crippen molar-refractivity contribution < 1.29 is 19.1 Å². The van der Waals surface area contributed by atoms with Gasteiger partial charge in [-0.3, -0.25) is 4.79 Å². The number of esters is 2. The Hall–Kier alpha value is -2.88. The van der Waals surface area contributed by atoms with Gasteiger partial charge < -0.3 is 9.47 Å². The summed E-state index contributed by atoms with van der Waals surface area (Å²) < 4.78 is 10.5. The van der Waals surface area contributed by atoms with Gasteiger partial charge in [-0.2, -0.15) is 0 Å². The highest BCUT2D eigenvalue weighted by Crippen LogP contribution is 2.41. The van der Waals surface area contributed by atoms with Crippen LogP contribution in [0.15, 0.2) is 49.1 Å². The minimum atomic E-state index is -0.544. The molecule has 0 aromatic heterocycles. The van der Waals surface area contributed by atoms with Crippen molar-refractivity contribution in [2.24, 2.45) is 0 Å². The van der Waals surface area contributed by atoms with Crippen molar-refractivity contribution in [3.8, 4) is 11.5 Å². The van der Waals surface area contributed by atoms with Crippen LogP contribution in [0.3, 0.4) is 0 Å². The zero-order valence-electron chi connectivity index (χ0n) is 13.0. The maximum atomic E-state index is 12.3. The van der Waals surface area contributed by atoms with E-state index in [4.69, 9.17) is 9.47 Å². The molecule has 1 unspecified atom stereocenters. The first kappa shape index (κ1) is 15.0. The second kappa shape index (κ2) is 5.72. The molecule has 3 rings (SSSR count). The minimum absolute atomic E-state index is 0.324. The molecule has 116 valence electrons. The van der Waals surface area contributed by atoms with Crippen LogP contribution in [0.1, 0.15) is 28.2 Å². The quantitative estimate of drug-likeness (QED) is 0.495. The predicted molar refractivity (Wildman–Crippen MR) is 85.7 cm³/mol. The van der Waals surface area contributed by atoms with Crippen molar-refractivity contribution in [3.05, 3.63) is 71.3 Å². The van der Waals surface area contributed by atoms with E-state index >= 15 is 0 Å². The van der Waals surface area contributed by atoms with Crippen molar-refractivity contribution in [1.82, 2.24) is 0 Å². The molecule has 4 heteroatoms. The third-order valence-electron chi connectivity index (χ3n) is 3.99. The Morgan fingerprint density at radius 2 is 1.96 bits per heavy atom. The summed E-state index contributed by atoms with van der Waals surface area (Å²) in [7, 11) is 0. The van der Waals surface area contributed by atoms with Gasteiger partial charge in [-0.15, -0.1) is 0 Å². The molecule has 0 bridgehead atoms. The maximum Gasteiger partial charge on any atom is 0.335 e. The molecule has 0 amide bonds. The Morgan fingerprint density at radius 3 is 2.65 bits per heavy atom. The minimum Gasteiger partial charge on any atom is -0.425 e. The lowest BCUT2D eigenvalue weighted by Crippen LogP contribution is -2.12. The molecule has 1 aliphatic rings. The number of carbonyl (C=O) groups excluding carboxylic acids is 2. The summed E-state index contributed by atoms with van der Waals surface area (Å²) in [6.07, 6.45) is 1.09. The van der Waals surface area contributed by atoms with Crippen LogP contribution in [0.5, 0.6) is 11.5 Å². The van der Waals surface area contributed by atoms with Crippen LogP contribution in [0.4, 0.5) is 0 Å². The highest BCUT2D eigenvalue weighted by Gasteiger charge is 2.35. The van der Waals surface area contributed by atoms with Gasteiger partial charge in [0.15, 0.2) is 0 Å². The number of aryl methyl sites for hydroxylation is 2. The third-order valence-corrected chi connectivity index (χ3v) is 3.99. The monoisotopic (exact) mass is 308 g/mol. The maximum absolute atomic E-state index is 12.3. The van der Waals surface area contributed by atoms with Crippen LogP contribution >= 0.6 is 0 Å². The fourth-order valence-electron chi connectivity index (χ4n) is 2.62. The van der Waals surface area contributed by atoms with Gasteiger partial charge in [0.2, 0.25) is 0 Å². The first-order valence-electron chi connectivity index (χ1n) is 7.26. The van der Waals surface area contributed by atoms with Gasteiger partial charge in [0.25, 0.3) is 0 Å². The summed E-state index contributed by atoms with van der Waals surface area (Å²) in [5, 5.41) is 0. The van der Waals surface area contributed by atoms with Crippen LogP contribution in [0.25, 0.3) is 0 Å². The standard InChI is InChI=1S/C19H16O4/c1-4-17(20)22-14-7-8-16-15(10-14)18(19(21)23-16)13-6-5-11(2)12(3)9-13/h4-10,18H,1H2,2-3H3. The van der Waals surface area contributed by atoms with E-state index < -0.39 is 11.9 Å². The molecule has 23 heavy (non-hydrogen) atoms. The van der Waals surface area contributed by atoms with Crippen molar-refractivity contribution in [1.29, 1.82) is 0 Å². The Kier molecular flexibility index (Phi) is 3.74. The van der Waals surface area contributed by atoms with Gasteiger partial charge in [-0.05, 0) is 48.7 Å². The number of hydrogen-bond donors (Lipinski definition) is 0. The number of ether oxygens (including phenoxy) is 2. The Morgan fingerprint density at radius 1 is 1.17 bits per heavy atom. The first-order chi connectivity index (χ1) is 11.0. The highest BCUT2D eigenvalue weighted by molar-refractivity contribution is 5.90. The summed E-state index contributed by atoms with van der Waals surface area (Å²) in [5.41, 5.74) is 3.84. The van der Waals surface area contributed by atoms with E-state index in [1.807, 2.05) is 32.0 Å². The Bertz CT molecular complexity index is 820. The zero-order chi connectivity index (χ0) is 16.6. The molecule has 0 radical (unpaired) electrons. The largest absolute Gasteiger partial charge is 0.425 e. The Labute approximate surface area is 134 Å². The number of carbonyl (C=O) groups is 2. The van der Waals surface area contributed by atoms with E-state index in [2.05, 4.69) is 6.58 Å². The van der Waals surface area contributed by atoms with Gasteiger partial charge in [-0.25, -0.2) is 4.79 Å². The highest BCUT2D eigenvalue weighted by atomic mass is 16.5. The predicted octanol–water partition coefficient (Wildman–Crippen LogP) is 3.45. The molecule has 2 aromatic carbocycles. The molecular weight excluding hydrogens is 292 g/mol. The second-order valence-electron chi connectivity index (χ2n) is 5.52. The molecule has 1 aliphatic heterocycles. The van der Waals surface area contributed by atoms with Gasteiger partial charge in [0, 0.05) is 11.6 Å². The lowest BCUT2D eigenvalue weighted by molar-refractivity contribution is -0.133. The van der Waals surface area contributed by atoms with E-state index in [0.29, 0.717) is 17.1 Å². The third kappa shape index (κ3) is 2.75. The van der Waals surface area contributed by atoms with Gasteiger partial charge in [-0.1, -0.05) is 24.8 Å². The number of rotatable bonds is 3. The van der Waals surface area contributed by atoms with Crippen molar-refractivity contribution in [2.45, 2.75) is 19.8 Å². The fourth-order valence-corrected chi connectivity index (χ4v) is 2.62. The van der Waals surface area contributed by atoms with E-state index in [1.165, 1.54) is 0 Å².